The maximum absolute atomic E-state index is 13.3. The molecule has 1 amide bonds. The summed E-state index contributed by atoms with van der Waals surface area (Å²) in [6.07, 6.45) is 3.70. The first kappa shape index (κ1) is 26.0. The molecule has 3 aromatic rings. The summed E-state index contributed by atoms with van der Waals surface area (Å²) in [6, 6.07) is 17.1. The van der Waals surface area contributed by atoms with E-state index < -0.39 is 23.2 Å². The van der Waals surface area contributed by atoms with Gasteiger partial charge in [-0.3, -0.25) is 0 Å². The summed E-state index contributed by atoms with van der Waals surface area (Å²) in [5.41, 5.74) is 1.58. The first-order valence-corrected chi connectivity index (χ1v) is 12.8. The summed E-state index contributed by atoms with van der Waals surface area (Å²) in [5, 5.41) is 10.6. The number of aliphatic hydroxyl groups is 1. The molecule has 0 spiro atoms. The van der Waals surface area contributed by atoms with E-state index in [1.165, 1.54) is 4.90 Å². The van der Waals surface area contributed by atoms with Gasteiger partial charge in [-0.15, -0.1) is 0 Å². The molecule has 2 aliphatic rings. The molecule has 2 aromatic carbocycles. The third-order valence-corrected chi connectivity index (χ3v) is 7.25. The number of amides is 1. The smallest absolute Gasteiger partial charge is 0.411 e. The van der Waals surface area contributed by atoms with Crippen molar-refractivity contribution in [2.24, 2.45) is 0 Å². The van der Waals surface area contributed by atoms with E-state index in [1.807, 2.05) is 61.5 Å². The van der Waals surface area contributed by atoms with Crippen LogP contribution in [0.3, 0.4) is 0 Å². The molecule has 0 bridgehead atoms. The highest BCUT2D eigenvalue weighted by atomic mass is 19.3. The van der Waals surface area contributed by atoms with Crippen molar-refractivity contribution in [3.05, 3.63) is 78.1 Å². The van der Waals surface area contributed by atoms with E-state index in [1.54, 1.807) is 31.1 Å². The Morgan fingerprint density at radius 2 is 1.66 bits per heavy atom. The van der Waals surface area contributed by atoms with Crippen LogP contribution in [0.15, 0.2) is 67.0 Å². The lowest BCUT2D eigenvalue weighted by Gasteiger charge is -2.45. The topological polar surface area (TPSA) is 78.8 Å². The zero-order valence-corrected chi connectivity index (χ0v) is 21.8. The maximum atomic E-state index is 13.3. The number of cyclic esters (lactones) is 1. The van der Waals surface area contributed by atoms with Crippen LogP contribution in [0.25, 0.3) is 11.1 Å². The van der Waals surface area contributed by atoms with Crippen molar-refractivity contribution >= 4 is 12.0 Å². The standard InChI is InChI=1S/C29H32F2N4O3/c1-20(35-14-13-28(38-26(35)36,17-27(2,3)37)24-7-5-4-6-8-24)21-9-11-22(12-10-21)23-15-32-25(33-16-23)34-18-29(30,31)19-34/h4-12,15-16,20,37H,13-14,17-19H2,1-3H3/t20-,28-/m0/s1. The average molecular weight is 523 g/mol. The third kappa shape index (κ3) is 5.34. The normalized spacial score (nSPS) is 22.0. The van der Waals surface area contributed by atoms with Gasteiger partial charge >= 0.3 is 6.09 Å². The van der Waals surface area contributed by atoms with E-state index in [-0.39, 0.29) is 19.1 Å². The number of hydrogen-bond acceptors (Lipinski definition) is 6. The molecule has 38 heavy (non-hydrogen) atoms. The molecule has 2 fully saturated rings. The molecule has 3 heterocycles. The van der Waals surface area contributed by atoms with Crippen LogP contribution in [0.5, 0.6) is 0 Å². The molecule has 0 unspecified atom stereocenters. The number of anilines is 1. The van der Waals surface area contributed by atoms with Crippen LogP contribution in [0, 0.1) is 0 Å². The predicted molar refractivity (Wildman–Crippen MR) is 140 cm³/mol. The number of ether oxygens (including phenoxy) is 1. The SMILES string of the molecule is C[C@@H](c1ccc(-c2cnc(N3CC(F)(F)C3)nc2)cc1)N1CC[C@](CC(C)(C)O)(c2ccccc2)OC1=O. The minimum absolute atomic E-state index is 0.223. The number of carbonyl (C=O) groups is 1. The number of halogens is 2. The Bertz CT molecular complexity index is 1270. The van der Waals surface area contributed by atoms with Crippen molar-refractivity contribution in [2.45, 2.75) is 56.8 Å². The first-order chi connectivity index (χ1) is 17.9. The molecule has 2 aliphatic heterocycles. The van der Waals surface area contributed by atoms with Crippen molar-refractivity contribution in [3.8, 4) is 11.1 Å². The fourth-order valence-corrected chi connectivity index (χ4v) is 5.31. The van der Waals surface area contributed by atoms with Gasteiger partial charge in [0, 0.05) is 37.3 Å². The summed E-state index contributed by atoms with van der Waals surface area (Å²) < 4.78 is 32.3. The maximum Gasteiger partial charge on any atom is 0.411 e. The molecule has 0 radical (unpaired) electrons. The highest BCUT2D eigenvalue weighted by Gasteiger charge is 2.46. The van der Waals surface area contributed by atoms with Gasteiger partial charge in [-0.05, 0) is 37.5 Å². The van der Waals surface area contributed by atoms with E-state index in [2.05, 4.69) is 9.97 Å². The van der Waals surface area contributed by atoms with E-state index in [9.17, 15) is 18.7 Å². The lowest BCUT2D eigenvalue weighted by Crippen LogP contribution is -2.57. The van der Waals surface area contributed by atoms with E-state index >= 15 is 0 Å². The highest BCUT2D eigenvalue weighted by Crippen LogP contribution is 2.42. The largest absolute Gasteiger partial charge is 0.438 e. The zero-order chi connectivity index (χ0) is 27.1. The van der Waals surface area contributed by atoms with Crippen molar-refractivity contribution < 1.29 is 23.4 Å². The molecule has 1 N–H and O–H groups in total. The number of alkyl halides is 2. The van der Waals surface area contributed by atoms with Gasteiger partial charge in [0.15, 0.2) is 0 Å². The van der Waals surface area contributed by atoms with Crippen LogP contribution in [0.2, 0.25) is 0 Å². The minimum atomic E-state index is -2.67. The first-order valence-electron chi connectivity index (χ1n) is 12.8. The van der Waals surface area contributed by atoms with Gasteiger partial charge in [0.1, 0.15) is 5.60 Å². The molecule has 9 heteroatoms. The lowest BCUT2D eigenvalue weighted by molar-refractivity contribution is -0.101. The number of benzene rings is 2. The Kier molecular flexibility index (Phi) is 6.59. The van der Waals surface area contributed by atoms with Gasteiger partial charge in [-0.2, -0.15) is 0 Å². The second-order valence-corrected chi connectivity index (χ2v) is 10.9. The van der Waals surface area contributed by atoms with Gasteiger partial charge in [0.2, 0.25) is 5.95 Å². The third-order valence-electron chi connectivity index (χ3n) is 7.25. The molecule has 2 atom stereocenters. The van der Waals surface area contributed by atoms with Crippen LogP contribution in [-0.2, 0) is 10.3 Å². The van der Waals surface area contributed by atoms with Crippen molar-refractivity contribution in [2.75, 3.05) is 24.5 Å². The van der Waals surface area contributed by atoms with Gasteiger partial charge in [0.25, 0.3) is 5.92 Å². The second kappa shape index (κ2) is 9.62. The number of nitrogens with zero attached hydrogens (tertiary/aromatic N) is 4. The Hall–Kier alpha value is -3.59. The highest BCUT2D eigenvalue weighted by molar-refractivity contribution is 5.70. The summed E-state index contributed by atoms with van der Waals surface area (Å²) >= 11 is 0. The van der Waals surface area contributed by atoms with Gasteiger partial charge in [-0.1, -0.05) is 54.6 Å². The zero-order valence-electron chi connectivity index (χ0n) is 21.8. The molecule has 2 saturated heterocycles. The predicted octanol–water partition coefficient (Wildman–Crippen LogP) is 5.56. The van der Waals surface area contributed by atoms with Crippen LogP contribution in [-0.4, -0.2) is 57.2 Å². The molecular weight excluding hydrogens is 490 g/mol. The monoisotopic (exact) mass is 522 g/mol. The fourth-order valence-electron chi connectivity index (χ4n) is 5.31. The number of rotatable bonds is 7. The van der Waals surface area contributed by atoms with E-state index in [0.29, 0.717) is 25.3 Å². The summed E-state index contributed by atoms with van der Waals surface area (Å²) in [4.78, 5) is 24.9. The van der Waals surface area contributed by atoms with Gasteiger partial charge < -0.3 is 19.6 Å². The molecule has 0 aliphatic carbocycles. The second-order valence-electron chi connectivity index (χ2n) is 10.9. The Morgan fingerprint density at radius 3 is 2.21 bits per heavy atom. The Morgan fingerprint density at radius 1 is 1.03 bits per heavy atom. The van der Waals surface area contributed by atoms with Crippen LogP contribution < -0.4 is 4.90 Å². The number of hydrogen-bond donors (Lipinski definition) is 1. The summed E-state index contributed by atoms with van der Waals surface area (Å²) in [6.45, 7) is 5.18. The van der Waals surface area contributed by atoms with E-state index in [4.69, 9.17) is 4.74 Å². The molecular formula is C29H32F2N4O3. The number of aromatic nitrogens is 2. The van der Waals surface area contributed by atoms with E-state index in [0.717, 1.165) is 22.3 Å². The van der Waals surface area contributed by atoms with Crippen LogP contribution in [0.1, 0.15) is 50.8 Å². The molecule has 7 nitrogen and oxygen atoms in total. The Balaban J connectivity index is 1.28. The van der Waals surface area contributed by atoms with Crippen LogP contribution in [0.4, 0.5) is 19.5 Å². The average Bonchev–Trinajstić information content (AvgIpc) is 2.87. The van der Waals surface area contributed by atoms with Gasteiger partial charge in [0.05, 0.1) is 24.7 Å². The summed E-state index contributed by atoms with van der Waals surface area (Å²) in [7, 11) is 0. The number of carbonyl (C=O) groups excluding carboxylic acids is 1. The van der Waals surface area contributed by atoms with Crippen molar-refractivity contribution in [1.29, 1.82) is 0 Å². The van der Waals surface area contributed by atoms with Gasteiger partial charge in [-0.25, -0.2) is 23.5 Å². The van der Waals surface area contributed by atoms with Crippen LogP contribution >= 0.6 is 0 Å². The minimum Gasteiger partial charge on any atom is -0.438 e. The molecule has 0 saturated carbocycles. The quantitative estimate of drug-likeness (QED) is 0.438. The molecule has 5 rings (SSSR count). The summed E-state index contributed by atoms with van der Waals surface area (Å²) in [5.74, 6) is -2.38. The lowest BCUT2D eigenvalue weighted by atomic mass is 9.80. The van der Waals surface area contributed by atoms with Crippen molar-refractivity contribution in [3.63, 3.8) is 0 Å². The van der Waals surface area contributed by atoms with Crippen molar-refractivity contribution in [1.82, 2.24) is 14.9 Å². The fraction of sp³-hybridized carbons (Fsp3) is 0.414. The molecule has 200 valence electrons. The molecule has 1 aromatic heterocycles. The Labute approximate surface area is 221 Å².